The maximum absolute atomic E-state index is 12.6. The van der Waals surface area contributed by atoms with Crippen LogP contribution >= 0.6 is 0 Å². The first-order chi connectivity index (χ1) is 45.0. The zero-order chi connectivity index (χ0) is 65.6. The lowest BCUT2D eigenvalue weighted by atomic mass is 10.0. The Morgan fingerprint density at radius 1 is 0.308 bits per heavy atom. The number of hydrogen-bond acceptors (Lipinski definition) is 5. The molecule has 0 aromatic rings. The third kappa shape index (κ3) is 76.7. The molecule has 0 aliphatic carbocycles. The minimum atomic E-state index is -0.843. The van der Waals surface area contributed by atoms with E-state index in [-0.39, 0.29) is 18.5 Å². The molecule has 91 heavy (non-hydrogen) atoms. The number of rotatable bonds is 78. The molecule has 3 N–H and O–H groups in total. The predicted molar refractivity (Wildman–Crippen MR) is 402 cm³/mol. The first kappa shape index (κ1) is 88.8. The molecule has 0 aliphatic rings. The van der Waals surface area contributed by atoms with Gasteiger partial charge in [0.25, 0.3) is 0 Å². The lowest BCUT2D eigenvalue weighted by Crippen LogP contribution is -2.45. The fourth-order valence-corrected chi connectivity index (χ4v) is 13.0. The number of unbranched alkanes of at least 4 members (excludes halogenated alkanes) is 61. The molecule has 0 spiro atoms. The van der Waals surface area contributed by atoms with E-state index in [0.29, 0.717) is 19.4 Å². The van der Waals surface area contributed by atoms with Crippen molar-refractivity contribution in [1.82, 2.24) is 5.32 Å². The van der Waals surface area contributed by atoms with Crippen molar-refractivity contribution in [3.05, 3.63) is 48.6 Å². The van der Waals surface area contributed by atoms with E-state index in [1.165, 1.54) is 379 Å². The van der Waals surface area contributed by atoms with Crippen molar-refractivity contribution in [3.8, 4) is 0 Å². The second-order valence-electron chi connectivity index (χ2n) is 28.4. The SMILES string of the molecule is CCCCC/C=C\C/C=C\CCCCCCCC(=O)OCCCCCCCCCCCCCCCCCC/C=C\CCCCCCCCCCCCCCCCCCCC(=O)NC(CO)C(O)/C=C/CCCCCCCCCCCCCCCCCCCCCC. The summed E-state index contributed by atoms with van der Waals surface area (Å²) < 4.78 is 5.49. The summed E-state index contributed by atoms with van der Waals surface area (Å²) in [6, 6.07) is -0.627. The Morgan fingerprint density at radius 2 is 0.549 bits per heavy atom. The lowest BCUT2D eigenvalue weighted by Gasteiger charge is -2.20. The van der Waals surface area contributed by atoms with Gasteiger partial charge in [-0.2, -0.15) is 0 Å². The molecule has 6 nitrogen and oxygen atoms in total. The molecule has 0 aliphatic heterocycles. The van der Waals surface area contributed by atoms with E-state index < -0.39 is 12.1 Å². The zero-order valence-corrected chi connectivity index (χ0v) is 61.6. The van der Waals surface area contributed by atoms with Gasteiger partial charge in [-0.25, -0.2) is 0 Å². The summed E-state index contributed by atoms with van der Waals surface area (Å²) in [5.74, 6) is -0.0517. The third-order valence-electron chi connectivity index (χ3n) is 19.3. The van der Waals surface area contributed by atoms with Crippen molar-refractivity contribution >= 4 is 11.9 Å². The summed E-state index contributed by atoms with van der Waals surface area (Å²) in [5, 5.41) is 23.3. The van der Waals surface area contributed by atoms with E-state index in [2.05, 4.69) is 55.6 Å². The fraction of sp³-hybridized carbons (Fsp3) is 0.882. The van der Waals surface area contributed by atoms with E-state index in [4.69, 9.17) is 4.74 Å². The Hall–Kier alpha value is -2.18. The maximum Gasteiger partial charge on any atom is 0.305 e. The van der Waals surface area contributed by atoms with Gasteiger partial charge in [0.15, 0.2) is 0 Å². The molecule has 536 valence electrons. The normalized spacial score (nSPS) is 12.7. The Morgan fingerprint density at radius 3 is 0.868 bits per heavy atom. The highest BCUT2D eigenvalue weighted by Gasteiger charge is 2.18. The quantitative estimate of drug-likeness (QED) is 0.0320. The number of esters is 1. The van der Waals surface area contributed by atoms with Crippen molar-refractivity contribution in [1.29, 1.82) is 0 Å². The molecular weight excluding hydrogens is 1110 g/mol. The van der Waals surface area contributed by atoms with E-state index >= 15 is 0 Å². The standard InChI is InChI=1S/C85H161NO5/c1-3-5-7-9-11-13-15-17-19-20-21-22-40-43-46-50-53-57-61-65-69-73-77-83(88)82(81-87)86-84(89)78-74-70-66-62-58-54-51-47-44-41-38-36-34-32-30-28-26-24-23-25-27-29-31-33-35-37-39-42-45-48-52-56-60-64-68-72-76-80-91-85(90)79-75-71-67-63-59-55-49-18-16-14-12-10-8-6-4-2/h12,14,18,23,25,49,73,77,82-83,87-88H,3-11,13,15-17,19-22,24,26-48,50-72,74-76,78-81H2,1-2H3,(H,86,89)/b14-12-,25-23-,49-18-,77-73+. The van der Waals surface area contributed by atoms with Crippen LogP contribution in [0, 0.1) is 0 Å². The second kappa shape index (κ2) is 80.3. The highest BCUT2D eigenvalue weighted by atomic mass is 16.5. The molecular formula is C85H161NO5. The van der Waals surface area contributed by atoms with E-state index in [0.717, 1.165) is 51.4 Å². The molecule has 0 saturated carbocycles. The van der Waals surface area contributed by atoms with Crippen molar-refractivity contribution in [2.24, 2.45) is 0 Å². The van der Waals surface area contributed by atoms with Gasteiger partial charge in [-0.15, -0.1) is 0 Å². The van der Waals surface area contributed by atoms with Gasteiger partial charge in [0.05, 0.1) is 25.4 Å². The summed E-state index contributed by atoms with van der Waals surface area (Å²) in [7, 11) is 0. The lowest BCUT2D eigenvalue weighted by molar-refractivity contribution is -0.143. The molecule has 0 radical (unpaired) electrons. The molecule has 0 aromatic heterocycles. The molecule has 0 rings (SSSR count). The van der Waals surface area contributed by atoms with E-state index in [9.17, 15) is 19.8 Å². The van der Waals surface area contributed by atoms with Crippen molar-refractivity contribution in [2.75, 3.05) is 13.2 Å². The largest absolute Gasteiger partial charge is 0.466 e. The molecule has 0 heterocycles. The molecule has 1 amide bonds. The van der Waals surface area contributed by atoms with Crippen LogP contribution in [0.1, 0.15) is 457 Å². The van der Waals surface area contributed by atoms with Gasteiger partial charge >= 0.3 is 5.97 Å². The Kier molecular flexibility index (Phi) is 78.3. The monoisotopic (exact) mass is 1280 g/mol. The molecule has 0 saturated heterocycles. The Labute approximate surface area is 569 Å². The molecule has 0 bridgehead atoms. The second-order valence-corrected chi connectivity index (χ2v) is 28.4. The van der Waals surface area contributed by atoms with Crippen LogP contribution in [-0.2, 0) is 14.3 Å². The van der Waals surface area contributed by atoms with Gasteiger partial charge in [-0.3, -0.25) is 9.59 Å². The topological polar surface area (TPSA) is 95.9 Å². The van der Waals surface area contributed by atoms with Gasteiger partial charge < -0.3 is 20.3 Å². The molecule has 2 atom stereocenters. The van der Waals surface area contributed by atoms with E-state index in [1.807, 2.05) is 6.08 Å². The zero-order valence-electron chi connectivity index (χ0n) is 61.6. The first-order valence-electron chi connectivity index (χ1n) is 41.4. The summed E-state index contributed by atoms with van der Waals surface area (Å²) >= 11 is 0. The minimum absolute atomic E-state index is 0.00766. The van der Waals surface area contributed by atoms with Crippen LogP contribution < -0.4 is 5.32 Å². The van der Waals surface area contributed by atoms with Crippen LogP contribution in [0.3, 0.4) is 0 Å². The average molecular weight is 1280 g/mol. The number of ether oxygens (including phenoxy) is 1. The number of allylic oxidation sites excluding steroid dienone is 7. The van der Waals surface area contributed by atoms with Crippen LogP contribution in [0.15, 0.2) is 48.6 Å². The van der Waals surface area contributed by atoms with Crippen molar-refractivity contribution in [3.63, 3.8) is 0 Å². The third-order valence-corrected chi connectivity index (χ3v) is 19.3. The highest BCUT2D eigenvalue weighted by Crippen LogP contribution is 2.20. The minimum Gasteiger partial charge on any atom is -0.466 e. The fourth-order valence-electron chi connectivity index (χ4n) is 13.0. The summed E-state index contributed by atoms with van der Waals surface area (Å²) in [6.07, 6.45) is 107. The van der Waals surface area contributed by atoms with Crippen LogP contribution in [0.4, 0.5) is 0 Å². The molecule has 6 heteroatoms. The molecule has 0 fully saturated rings. The number of hydrogen-bond donors (Lipinski definition) is 3. The van der Waals surface area contributed by atoms with E-state index in [1.54, 1.807) is 6.08 Å². The summed E-state index contributed by atoms with van der Waals surface area (Å²) in [4.78, 5) is 24.6. The number of amides is 1. The van der Waals surface area contributed by atoms with Crippen LogP contribution in [0.2, 0.25) is 0 Å². The summed E-state index contributed by atoms with van der Waals surface area (Å²) in [6.45, 7) is 4.92. The van der Waals surface area contributed by atoms with Gasteiger partial charge in [0.2, 0.25) is 5.91 Å². The number of nitrogens with one attached hydrogen (secondary N) is 1. The van der Waals surface area contributed by atoms with Gasteiger partial charge in [-0.1, -0.05) is 403 Å². The Balaban J connectivity index is 3.36. The van der Waals surface area contributed by atoms with Gasteiger partial charge in [0.1, 0.15) is 0 Å². The van der Waals surface area contributed by atoms with Crippen LogP contribution in [-0.4, -0.2) is 47.4 Å². The number of carbonyl (C=O) groups excluding carboxylic acids is 2. The number of aliphatic hydroxyl groups excluding tert-OH is 2. The van der Waals surface area contributed by atoms with Gasteiger partial charge in [-0.05, 0) is 89.9 Å². The Bertz CT molecular complexity index is 1520. The first-order valence-corrected chi connectivity index (χ1v) is 41.4. The maximum atomic E-state index is 12.6. The van der Waals surface area contributed by atoms with Gasteiger partial charge in [0, 0.05) is 12.8 Å². The van der Waals surface area contributed by atoms with Crippen LogP contribution in [0.25, 0.3) is 0 Å². The van der Waals surface area contributed by atoms with Crippen molar-refractivity contribution in [2.45, 2.75) is 469 Å². The number of aliphatic hydroxyl groups is 2. The van der Waals surface area contributed by atoms with Crippen molar-refractivity contribution < 1.29 is 24.5 Å². The number of carbonyl (C=O) groups is 2. The predicted octanol–water partition coefficient (Wildman–Crippen LogP) is 27.5. The molecule has 2 unspecified atom stereocenters. The van der Waals surface area contributed by atoms with Crippen LogP contribution in [0.5, 0.6) is 0 Å². The average Bonchev–Trinajstić information content (AvgIpc) is 3.69. The highest BCUT2D eigenvalue weighted by molar-refractivity contribution is 5.76. The molecule has 0 aromatic carbocycles. The summed E-state index contributed by atoms with van der Waals surface area (Å²) in [5.41, 5.74) is 0. The smallest absolute Gasteiger partial charge is 0.305 e.